The summed E-state index contributed by atoms with van der Waals surface area (Å²) in [6.45, 7) is 3.98. The van der Waals surface area contributed by atoms with E-state index in [2.05, 4.69) is 9.97 Å². The van der Waals surface area contributed by atoms with Crippen LogP contribution in [0, 0.1) is 13.8 Å². The third-order valence-electron chi connectivity index (χ3n) is 4.47. The Hall–Kier alpha value is -3.14. The fraction of sp³-hybridized carbons (Fsp3) is 0.100. The number of hydrogen-bond acceptors (Lipinski definition) is 2. The first kappa shape index (κ1) is 14.5. The minimum absolute atomic E-state index is 0.570. The molecule has 2 heterocycles. The molecule has 0 spiro atoms. The molecule has 2 N–H and O–H groups in total. The van der Waals surface area contributed by atoms with Crippen LogP contribution in [0.2, 0.25) is 0 Å². The van der Waals surface area contributed by atoms with E-state index < -0.39 is 0 Å². The van der Waals surface area contributed by atoms with E-state index >= 15 is 0 Å². The maximum absolute atomic E-state index is 11.7. The number of aromatic nitrogens is 2. The molecule has 0 atom stereocenters. The summed E-state index contributed by atoms with van der Waals surface area (Å²) in [5.74, 6) is 0. The third-order valence-corrected chi connectivity index (χ3v) is 4.47. The molecule has 0 amide bonds. The van der Waals surface area contributed by atoms with Crippen LogP contribution in [0.1, 0.15) is 31.8 Å². The van der Waals surface area contributed by atoms with Crippen molar-refractivity contribution in [2.45, 2.75) is 13.8 Å². The molecule has 4 heteroatoms. The molecule has 0 radical (unpaired) electrons. The number of rotatable bonds is 3. The summed E-state index contributed by atoms with van der Waals surface area (Å²) in [6, 6.07) is 11.8. The SMILES string of the molecule is Cc1ccc2[nH]c(-c3[nH]c4ccc(C)cc4c3C=O)c(C=O)c2c1. The summed E-state index contributed by atoms with van der Waals surface area (Å²) >= 11 is 0. The molecule has 0 saturated carbocycles. The molecular weight excluding hydrogens is 300 g/mol. The maximum atomic E-state index is 11.7. The van der Waals surface area contributed by atoms with Crippen LogP contribution in [-0.4, -0.2) is 22.5 Å². The zero-order valence-corrected chi connectivity index (χ0v) is 13.4. The number of aromatic amines is 2. The number of carbonyl (C=O) groups excluding carboxylic acids is 2. The van der Waals surface area contributed by atoms with Gasteiger partial charge in [-0.15, -0.1) is 0 Å². The van der Waals surface area contributed by atoms with Crippen LogP contribution >= 0.6 is 0 Å². The number of nitrogens with one attached hydrogen (secondary N) is 2. The normalized spacial score (nSPS) is 11.2. The number of hydrogen-bond donors (Lipinski definition) is 2. The Balaban J connectivity index is 2.09. The lowest BCUT2D eigenvalue weighted by molar-refractivity contribution is 0.111. The van der Waals surface area contributed by atoms with Gasteiger partial charge in [-0.25, -0.2) is 0 Å². The Labute approximate surface area is 138 Å². The summed E-state index contributed by atoms with van der Waals surface area (Å²) in [5, 5.41) is 1.73. The first-order valence-corrected chi connectivity index (χ1v) is 7.77. The van der Waals surface area contributed by atoms with Gasteiger partial charge >= 0.3 is 0 Å². The number of aryl methyl sites for hydroxylation is 2. The van der Waals surface area contributed by atoms with Crippen molar-refractivity contribution in [3.8, 4) is 11.4 Å². The van der Waals surface area contributed by atoms with E-state index in [1.165, 1.54) is 0 Å². The second kappa shape index (κ2) is 5.20. The third kappa shape index (κ3) is 2.00. The van der Waals surface area contributed by atoms with Crippen LogP contribution < -0.4 is 0 Å². The van der Waals surface area contributed by atoms with Crippen molar-refractivity contribution in [2.75, 3.05) is 0 Å². The smallest absolute Gasteiger partial charge is 0.152 e. The fourth-order valence-electron chi connectivity index (χ4n) is 3.29. The lowest BCUT2D eigenvalue weighted by Crippen LogP contribution is -1.89. The van der Waals surface area contributed by atoms with Crippen molar-refractivity contribution in [1.29, 1.82) is 0 Å². The Morgan fingerprint density at radius 3 is 1.50 bits per heavy atom. The zero-order valence-electron chi connectivity index (χ0n) is 13.4. The zero-order chi connectivity index (χ0) is 16.8. The highest BCUT2D eigenvalue weighted by atomic mass is 16.1. The predicted octanol–water partition coefficient (Wildman–Crippen LogP) is 4.56. The minimum Gasteiger partial charge on any atom is -0.353 e. The van der Waals surface area contributed by atoms with Gasteiger partial charge in [0.15, 0.2) is 12.6 Å². The second-order valence-corrected chi connectivity index (χ2v) is 6.16. The van der Waals surface area contributed by atoms with Crippen molar-refractivity contribution < 1.29 is 9.59 Å². The summed E-state index contributed by atoms with van der Waals surface area (Å²) in [6.07, 6.45) is 1.69. The molecule has 24 heavy (non-hydrogen) atoms. The van der Waals surface area contributed by atoms with Crippen molar-refractivity contribution in [3.63, 3.8) is 0 Å². The molecular formula is C20H16N2O2. The maximum Gasteiger partial charge on any atom is 0.152 e. The van der Waals surface area contributed by atoms with Gasteiger partial charge in [-0.3, -0.25) is 9.59 Å². The molecule has 0 fully saturated rings. The summed E-state index contributed by atoms with van der Waals surface area (Å²) in [7, 11) is 0. The quantitative estimate of drug-likeness (QED) is 0.544. The standard InChI is InChI=1S/C20H16N2O2/c1-11-3-5-17-13(7-11)15(9-23)19(21-17)20-16(10-24)14-8-12(2)4-6-18(14)22-20/h3-10,21-22H,1-2H3. The highest BCUT2D eigenvalue weighted by molar-refractivity contribution is 6.10. The Morgan fingerprint density at radius 2 is 1.12 bits per heavy atom. The van der Waals surface area contributed by atoms with Crippen molar-refractivity contribution in [2.24, 2.45) is 0 Å². The van der Waals surface area contributed by atoms with Crippen LogP contribution in [0.25, 0.3) is 33.2 Å². The molecule has 4 nitrogen and oxygen atoms in total. The van der Waals surface area contributed by atoms with E-state index in [1.807, 2.05) is 50.2 Å². The minimum atomic E-state index is 0.570. The molecule has 0 bridgehead atoms. The predicted molar refractivity (Wildman–Crippen MR) is 95.8 cm³/mol. The van der Waals surface area contributed by atoms with E-state index in [0.717, 1.165) is 45.5 Å². The van der Waals surface area contributed by atoms with Gasteiger partial charge in [0, 0.05) is 32.9 Å². The Kier molecular flexibility index (Phi) is 3.13. The number of H-pyrrole nitrogens is 2. The average Bonchev–Trinajstić information content (AvgIpc) is 3.11. The summed E-state index contributed by atoms with van der Waals surface area (Å²) < 4.78 is 0. The molecule has 2 aromatic heterocycles. The molecule has 4 rings (SSSR count). The van der Waals surface area contributed by atoms with E-state index in [-0.39, 0.29) is 0 Å². The molecule has 0 unspecified atom stereocenters. The van der Waals surface area contributed by atoms with Crippen LogP contribution in [-0.2, 0) is 0 Å². The van der Waals surface area contributed by atoms with Crippen molar-refractivity contribution in [3.05, 3.63) is 58.7 Å². The van der Waals surface area contributed by atoms with Gasteiger partial charge in [0.1, 0.15) is 0 Å². The Morgan fingerprint density at radius 1 is 0.708 bits per heavy atom. The lowest BCUT2D eigenvalue weighted by atomic mass is 10.0. The first-order chi connectivity index (χ1) is 11.6. The molecule has 118 valence electrons. The van der Waals surface area contributed by atoms with Gasteiger partial charge in [0.25, 0.3) is 0 Å². The molecule has 0 saturated heterocycles. The van der Waals surface area contributed by atoms with E-state index in [4.69, 9.17) is 0 Å². The molecule has 0 aliphatic heterocycles. The van der Waals surface area contributed by atoms with Gasteiger partial charge in [-0.05, 0) is 38.1 Å². The highest BCUT2D eigenvalue weighted by Gasteiger charge is 2.19. The van der Waals surface area contributed by atoms with Gasteiger partial charge in [-0.1, -0.05) is 23.3 Å². The van der Waals surface area contributed by atoms with Gasteiger partial charge in [0.2, 0.25) is 0 Å². The van der Waals surface area contributed by atoms with Crippen LogP contribution in [0.15, 0.2) is 36.4 Å². The van der Waals surface area contributed by atoms with Crippen LogP contribution in [0.5, 0.6) is 0 Å². The Bertz CT molecular complexity index is 1030. The largest absolute Gasteiger partial charge is 0.353 e. The molecule has 0 aliphatic rings. The molecule has 2 aromatic carbocycles. The average molecular weight is 316 g/mol. The van der Waals surface area contributed by atoms with E-state index in [0.29, 0.717) is 22.5 Å². The molecule has 4 aromatic rings. The molecule has 0 aliphatic carbocycles. The monoisotopic (exact) mass is 316 g/mol. The summed E-state index contributed by atoms with van der Waals surface area (Å²) in [5.41, 5.74) is 6.37. The lowest BCUT2D eigenvalue weighted by Gasteiger charge is -1.98. The first-order valence-electron chi connectivity index (χ1n) is 7.77. The topological polar surface area (TPSA) is 65.7 Å². The summed E-state index contributed by atoms with van der Waals surface area (Å²) in [4.78, 5) is 30.0. The van der Waals surface area contributed by atoms with E-state index in [9.17, 15) is 9.59 Å². The van der Waals surface area contributed by atoms with Gasteiger partial charge < -0.3 is 9.97 Å². The number of benzene rings is 2. The number of aldehydes is 2. The van der Waals surface area contributed by atoms with Crippen molar-refractivity contribution >= 4 is 34.4 Å². The second-order valence-electron chi connectivity index (χ2n) is 6.16. The van der Waals surface area contributed by atoms with E-state index in [1.54, 1.807) is 0 Å². The number of carbonyl (C=O) groups is 2. The fourth-order valence-corrected chi connectivity index (χ4v) is 3.29. The van der Waals surface area contributed by atoms with Crippen molar-refractivity contribution in [1.82, 2.24) is 9.97 Å². The number of fused-ring (bicyclic) bond motifs is 2. The van der Waals surface area contributed by atoms with Crippen LogP contribution in [0.4, 0.5) is 0 Å². The van der Waals surface area contributed by atoms with Crippen LogP contribution in [0.3, 0.4) is 0 Å². The van der Waals surface area contributed by atoms with Gasteiger partial charge in [-0.2, -0.15) is 0 Å². The van der Waals surface area contributed by atoms with Gasteiger partial charge in [0.05, 0.1) is 11.4 Å². The highest BCUT2D eigenvalue weighted by Crippen LogP contribution is 2.34.